The third-order valence-corrected chi connectivity index (χ3v) is 21.1. The van der Waals surface area contributed by atoms with Gasteiger partial charge >= 0.3 is 0 Å². The van der Waals surface area contributed by atoms with Crippen LogP contribution in [-0.4, -0.2) is 59.9 Å². The molecule has 0 bridgehead atoms. The van der Waals surface area contributed by atoms with Gasteiger partial charge < -0.3 is 20.2 Å². The zero-order valence-electron chi connectivity index (χ0n) is 29.8. The molecule has 4 aromatic carbocycles. The van der Waals surface area contributed by atoms with E-state index in [1.165, 1.54) is 20.7 Å². The Hall–Kier alpha value is -2.85. The Bertz CT molecular complexity index is 1360. The molecule has 252 valence electrons. The monoisotopic (exact) mass is 666 g/mol. The average molecular weight is 667 g/mol. The van der Waals surface area contributed by atoms with Gasteiger partial charge in [0, 0.05) is 13.1 Å². The highest BCUT2D eigenvalue weighted by atomic mass is 28.4. The van der Waals surface area contributed by atoms with Gasteiger partial charge in [-0.05, 0) is 46.4 Å². The molecule has 2 atom stereocenters. The van der Waals surface area contributed by atoms with Crippen molar-refractivity contribution in [3.8, 4) is 0 Å². The molecule has 6 rings (SSSR count). The molecule has 0 spiro atoms. The van der Waals surface area contributed by atoms with E-state index in [2.05, 4.69) is 180 Å². The van der Waals surface area contributed by atoms with Gasteiger partial charge in [-0.1, -0.05) is 180 Å². The van der Waals surface area contributed by atoms with Crippen molar-refractivity contribution >= 4 is 37.1 Å². The molecule has 2 aliphatic heterocycles. The minimum absolute atomic E-state index is 0.0648. The molecule has 0 aliphatic carbocycles. The predicted molar refractivity (Wildman–Crippen MR) is 207 cm³/mol. The van der Waals surface area contributed by atoms with Crippen molar-refractivity contribution < 1.29 is 9.53 Å². The van der Waals surface area contributed by atoms with Crippen LogP contribution in [0.4, 0.5) is 0 Å². The number of hydrogen-bond acceptors (Lipinski definition) is 4. The highest BCUT2D eigenvalue weighted by molar-refractivity contribution is 7.03. The van der Waals surface area contributed by atoms with Crippen LogP contribution in [0.15, 0.2) is 121 Å². The lowest BCUT2D eigenvalue weighted by Crippen LogP contribution is -2.67. The molecule has 0 unspecified atom stereocenters. The smallest absolute Gasteiger partial charge is 0.261 e. The van der Waals surface area contributed by atoms with Crippen LogP contribution in [0, 0.1) is 0 Å². The SMILES string of the molecule is CC(C)(C)[Si](C)(c1ccccc1)c1ccccc1.CC(C)(C)[Si](O[C@@H]1CCNC1)(c1ccccc1)c1ccccc1.O[C@@H]1CCNC1. The van der Waals surface area contributed by atoms with E-state index in [4.69, 9.17) is 9.53 Å². The molecule has 4 nitrogen and oxygen atoms in total. The molecule has 47 heavy (non-hydrogen) atoms. The van der Waals surface area contributed by atoms with E-state index < -0.39 is 16.4 Å². The molecule has 3 N–H and O–H groups in total. The van der Waals surface area contributed by atoms with E-state index in [1.807, 2.05) is 0 Å². The minimum Gasteiger partial charge on any atom is -0.403 e. The summed E-state index contributed by atoms with van der Waals surface area (Å²) in [7, 11) is -4.06. The number of β-amino-alcohol motifs (C(OH)–C–C–N with tert-alkyl or cyclic N) is 1. The lowest BCUT2D eigenvalue weighted by atomic mass is 10.2. The molecule has 2 fully saturated rings. The first kappa shape index (κ1) is 37.0. The average Bonchev–Trinajstić information content (AvgIpc) is 3.78. The summed E-state index contributed by atoms with van der Waals surface area (Å²) in [6.45, 7) is 20.4. The second-order valence-electron chi connectivity index (χ2n) is 15.1. The van der Waals surface area contributed by atoms with Crippen LogP contribution in [0.3, 0.4) is 0 Å². The summed E-state index contributed by atoms with van der Waals surface area (Å²) in [6, 6.07) is 43.8. The Morgan fingerprint density at radius 1 is 0.553 bits per heavy atom. The van der Waals surface area contributed by atoms with Crippen LogP contribution >= 0.6 is 0 Å². The van der Waals surface area contributed by atoms with Crippen LogP contribution < -0.4 is 31.4 Å². The molecule has 2 saturated heterocycles. The van der Waals surface area contributed by atoms with Gasteiger partial charge in [0.25, 0.3) is 8.32 Å². The number of aliphatic hydroxyl groups excluding tert-OH is 1. The molecule has 4 aromatic rings. The third kappa shape index (κ3) is 8.99. The highest BCUT2D eigenvalue weighted by Gasteiger charge is 2.51. The van der Waals surface area contributed by atoms with Gasteiger partial charge in [-0.3, -0.25) is 0 Å². The number of benzene rings is 4. The van der Waals surface area contributed by atoms with Gasteiger partial charge in [-0.15, -0.1) is 0 Å². The first-order chi connectivity index (χ1) is 22.4. The zero-order valence-corrected chi connectivity index (χ0v) is 31.8. The molecular weight excluding hydrogens is 609 g/mol. The van der Waals surface area contributed by atoms with E-state index in [1.54, 1.807) is 0 Å². The lowest BCUT2D eigenvalue weighted by molar-refractivity contribution is 0.196. The summed E-state index contributed by atoms with van der Waals surface area (Å²) in [5, 5.41) is 21.3. The van der Waals surface area contributed by atoms with Crippen molar-refractivity contribution in [1.29, 1.82) is 0 Å². The highest BCUT2D eigenvalue weighted by Crippen LogP contribution is 2.38. The van der Waals surface area contributed by atoms with Crippen molar-refractivity contribution in [2.75, 3.05) is 26.2 Å². The van der Waals surface area contributed by atoms with Crippen molar-refractivity contribution in [1.82, 2.24) is 10.6 Å². The van der Waals surface area contributed by atoms with Crippen LogP contribution in [-0.2, 0) is 4.43 Å². The summed E-state index contributed by atoms with van der Waals surface area (Å²) >= 11 is 0. The third-order valence-electron chi connectivity index (χ3n) is 10.0. The van der Waals surface area contributed by atoms with Crippen LogP contribution in [0.1, 0.15) is 54.4 Å². The van der Waals surface area contributed by atoms with Crippen molar-refractivity contribution in [2.24, 2.45) is 0 Å². The molecule has 2 aliphatic rings. The van der Waals surface area contributed by atoms with E-state index in [9.17, 15) is 0 Å². The first-order valence-corrected chi connectivity index (χ1v) is 21.8. The maximum Gasteiger partial charge on any atom is 0.261 e. The van der Waals surface area contributed by atoms with Gasteiger partial charge in [-0.25, -0.2) is 0 Å². The molecule has 0 radical (unpaired) electrons. The Balaban J connectivity index is 0.000000184. The Kier molecular flexibility index (Phi) is 13.0. The fourth-order valence-corrected chi connectivity index (χ4v) is 15.4. The summed E-state index contributed by atoms with van der Waals surface area (Å²) in [5.74, 6) is 0. The van der Waals surface area contributed by atoms with E-state index in [-0.39, 0.29) is 11.1 Å². The summed E-state index contributed by atoms with van der Waals surface area (Å²) < 4.78 is 7.01. The number of nitrogens with one attached hydrogen (secondary N) is 2. The fraction of sp³-hybridized carbons (Fsp3) is 0.415. The standard InChI is InChI=1S/C20H27NOSi.C17H22Si.C4H9NO/c1-20(2,3)23(18-10-6-4-7-11-18,19-12-8-5-9-13-19)22-17-14-15-21-16-17;1-17(2,3)18(4,15-11-7-5-8-12-15)16-13-9-6-10-14-16;6-4-1-2-5-3-4/h4-13,17,21H,14-16H2,1-3H3;5-14H,1-4H3;4-6H,1-3H2/t17-;;4-/m1.1/s1. The molecule has 2 heterocycles. The van der Waals surface area contributed by atoms with Crippen molar-refractivity contribution in [2.45, 2.75) is 83.2 Å². The number of rotatable bonds is 6. The second kappa shape index (κ2) is 16.5. The van der Waals surface area contributed by atoms with Crippen LogP contribution in [0.25, 0.3) is 0 Å². The maximum absolute atomic E-state index is 8.67. The maximum atomic E-state index is 8.67. The Labute approximate surface area is 287 Å². The van der Waals surface area contributed by atoms with Crippen LogP contribution in [0.2, 0.25) is 16.6 Å². The quantitative estimate of drug-likeness (QED) is 0.223. The number of aliphatic hydroxyl groups is 1. The molecule has 6 heteroatoms. The largest absolute Gasteiger partial charge is 0.403 e. The Morgan fingerprint density at radius 2 is 0.936 bits per heavy atom. The minimum atomic E-state index is -2.35. The van der Waals surface area contributed by atoms with Gasteiger partial charge in [0.15, 0.2) is 0 Å². The predicted octanol–water partition coefficient (Wildman–Crippen LogP) is 5.95. The van der Waals surface area contributed by atoms with Crippen molar-refractivity contribution in [3.05, 3.63) is 121 Å². The number of hydrogen-bond donors (Lipinski definition) is 3. The summed E-state index contributed by atoms with van der Waals surface area (Å²) in [5.41, 5.74) is 0. The van der Waals surface area contributed by atoms with Crippen LogP contribution in [0.5, 0.6) is 0 Å². The molecular formula is C41H58N2O2Si2. The molecule has 0 saturated carbocycles. The molecule has 0 aromatic heterocycles. The fourth-order valence-electron chi connectivity index (χ4n) is 6.89. The van der Waals surface area contributed by atoms with E-state index >= 15 is 0 Å². The van der Waals surface area contributed by atoms with Crippen molar-refractivity contribution in [3.63, 3.8) is 0 Å². The molecule has 0 amide bonds. The summed E-state index contributed by atoms with van der Waals surface area (Å²) in [6.07, 6.45) is 2.27. The topological polar surface area (TPSA) is 53.5 Å². The normalized spacial score (nSPS) is 18.5. The van der Waals surface area contributed by atoms with Gasteiger partial charge in [0.05, 0.1) is 12.2 Å². The zero-order chi connectivity index (χ0) is 34.0. The van der Waals surface area contributed by atoms with E-state index in [0.717, 1.165) is 39.0 Å². The first-order valence-electron chi connectivity index (χ1n) is 17.4. The van der Waals surface area contributed by atoms with Gasteiger partial charge in [0.2, 0.25) is 0 Å². The summed E-state index contributed by atoms with van der Waals surface area (Å²) in [4.78, 5) is 0. The second-order valence-corrected chi connectivity index (χ2v) is 24.3. The lowest BCUT2D eigenvalue weighted by Gasteiger charge is -2.44. The Morgan fingerprint density at radius 3 is 1.21 bits per heavy atom. The van der Waals surface area contributed by atoms with E-state index in [0.29, 0.717) is 11.1 Å². The van der Waals surface area contributed by atoms with Gasteiger partial charge in [-0.2, -0.15) is 0 Å². The van der Waals surface area contributed by atoms with Gasteiger partial charge in [0.1, 0.15) is 8.07 Å².